The molecule has 1 unspecified atom stereocenters. The monoisotopic (exact) mass is 418 g/mol. The van der Waals surface area contributed by atoms with Crippen molar-refractivity contribution in [3.8, 4) is 0 Å². The van der Waals surface area contributed by atoms with Gasteiger partial charge in [0.15, 0.2) is 6.54 Å². The van der Waals surface area contributed by atoms with Gasteiger partial charge in [0.2, 0.25) is 10.0 Å². The molecule has 0 radical (unpaired) electrons. The Bertz CT molecular complexity index is 954. The zero-order valence-corrected chi connectivity index (χ0v) is 18.8. The van der Waals surface area contributed by atoms with E-state index in [9.17, 15) is 13.2 Å². The Labute approximate surface area is 174 Å². The second-order valence-electron chi connectivity index (χ2n) is 7.35. The van der Waals surface area contributed by atoms with Crippen LogP contribution in [0.4, 0.5) is 5.69 Å². The van der Waals surface area contributed by atoms with Gasteiger partial charge in [0.25, 0.3) is 5.91 Å². The highest BCUT2D eigenvalue weighted by Crippen LogP contribution is 2.22. The van der Waals surface area contributed by atoms with Gasteiger partial charge in [-0.25, -0.2) is 8.42 Å². The highest BCUT2D eigenvalue weighted by atomic mass is 32.2. The number of quaternary nitrogens is 1. The lowest BCUT2D eigenvalue weighted by molar-refractivity contribution is -0.885. The maximum Gasteiger partial charge on any atom is 0.279 e. The molecule has 2 N–H and O–H groups in total. The summed E-state index contributed by atoms with van der Waals surface area (Å²) < 4.78 is 26.9. The van der Waals surface area contributed by atoms with E-state index in [0.717, 1.165) is 17.0 Å². The first-order chi connectivity index (χ1) is 13.7. The predicted octanol–water partition coefficient (Wildman–Crippen LogP) is 1.99. The van der Waals surface area contributed by atoms with Crippen LogP contribution < -0.4 is 10.2 Å². The van der Waals surface area contributed by atoms with Gasteiger partial charge in [-0.05, 0) is 37.1 Å². The smallest absolute Gasteiger partial charge is 0.279 e. The van der Waals surface area contributed by atoms with Gasteiger partial charge in [0.05, 0.1) is 11.9 Å². The molecule has 0 bridgehead atoms. The van der Waals surface area contributed by atoms with Gasteiger partial charge in [-0.15, -0.1) is 0 Å². The van der Waals surface area contributed by atoms with Crippen LogP contribution in [0.2, 0.25) is 0 Å². The lowest BCUT2D eigenvalue weighted by Gasteiger charge is -2.20. The van der Waals surface area contributed by atoms with E-state index in [2.05, 4.69) is 24.4 Å². The van der Waals surface area contributed by atoms with Crippen LogP contribution in [0.3, 0.4) is 0 Å². The Morgan fingerprint density at radius 3 is 2.31 bits per heavy atom. The van der Waals surface area contributed by atoms with Crippen LogP contribution in [0, 0.1) is 13.8 Å². The minimum Gasteiger partial charge on any atom is -0.326 e. The third kappa shape index (κ3) is 5.88. The number of hydrogen-bond acceptors (Lipinski definition) is 3. The highest BCUT2D eigenvalue weighted by molar-refractivity contribution is 7.89. The summed E-state index contributed by atoms with van der Waals surface area (Å²) in [4.78, 5) is 13.8. The normalized spacial score (nSPS) is 12.8. The second-order valence-corrected chi connectivity index (χ2v) is 9.29. The Morgan fingerprint density at radius 2 is 1.69 bits per heavy atom. The highest BCUT2D eigenvalue weighted by Gasteiger charge is 2.23. The van der Waals surface area contributed by atoms with Crippen LogP contribution in [-0.4, -0.2) is 45.3 Å². The van der Waals surface area contributed by atoms with E-state index in [-0.39, 0.29) is 10.8 Å². The van der Waals surface area contributed by atoms with Crippen molar-refractivity contribution in [1.29, 1.82) is 0 Å². The molecular formula is C22H32N3O3S+. The van der Waals surface area contributed by atoms with E-state index >= 15 is 0 Å². The largest absolute Gasteiger partial charge is 0.326 e. The lowest BCUT2D eigenvalue weighted by atomic mass is 10.1. The summed E-state index contributed by atoms with van der Waals surface area (Å²) in [5.41, 5.74) is 3.78. The lowest BCUT2D eigenvalue weighted by Crippen LogP contribution is -3.08. The summed E-state index contributed by atoms with van der Waals surface area (Å²) in [7, 11) is -1.60. The molecule has 0 saturated carbocycles. The maximum absolute atomic E-state index is 12.8. The van der Waals surface area contributed by atoms with Gasteiger partial charge >= 0.3 is 0 Å². The van der Waals surface area contributed by atoms with Gasteiger partial charge in [0, 0.05) is 24.3 Å². The number of nitrogens with one attached hydrogen (secondary N) is 2. The molecule has 0 aliphatic heterocycles. The average molecular weight is 419 g/mol. The molecule has 2 aromatic rings. The minimum absolute atomic E-state index is 0.142. The van der Waals surface area contributed by atoms with E-state index in [1.54, 1.807) is 18.2 Å². The Balaban J connectivity index is 2.11. The first-order valence-corrected chi connectivity index (χ1v) is 11.4. The maximum atomic E-state index is 12.8. The fraction of sp³-hybridized carbons (Fsp3) is 0.409. The Kier molecular flexibility index (Phi) is 7.96. The summed E-state index contributed by atoms with van der Waals surface area (Å²) in [5.74, 6) is -0.142. The SMILES string of the molecule is CCN(CC)S(=O)(=O)c1ccc(C)c(NC(=O)C[NH+](C)Cc2ccccc2C)c1. The van der Waals surface area contributed by atoms with Crippen molar-refractivity contribution in [2.75, 3.05) is 32.0 Å². The molecule has 0 aliphatic carbocycles. The topological polar surface area (TPSA) is 70.9 Å². The third-order valence-corrected chi connectivity index (χ3v) is 7.09. The number of anilines is 1. The zero-order chi connectivity index (χ0) is 21.6. The molecule has 0 heterocycles. The van der Waals surface area contributed by atoms with Crippen molar-refractivity contribution < 1.29 is 18.1 Å². The average Bonchev–Trinajstić information content (AvgIpc) is 2.66. The molecule has 0 aromatic heterocycles. The second kappa shape index (κ2) is 10.0. The predicted molar refractivity (Wildman–Crippen MR) is 117 cm³/mol. The summed E-state index contributed by atoms with van der Waals surface area (Å²) >= 11 is 0. The number of likely N-dealkylation sites (N-methyl/N-ethyl adjacent to an activating group) is 1. The minimum atomic E-state index is -3.57. The molecule has 1 amide bonds. The van der Waals surface area contributed by atoms with Crippen LogP contribution in [0.25, 0.3) is 0 Å². The van der Waals surface area contributed by atoms with Crippen molar-refractivity contribution in [2.45, 2.75) is 39.1 Å². The number of amides is 1. The molecule has 0 spiro atoms. The number of nitrogens with zero attached hydrogens (tertiary/aromatic N) is 1. The summed E-state index contributed by atoms with van der Waals surface area (Å²) in [5, 5.41) is 2.89. The van der Waals surface area contributed by atoms with Gasteiger partial charge in [-0.3, -0.25) is 4.79 Å². The number of carbonyl (C=O) groups excluding carboxylic acids is 1. The summed E-state index contributed by atoms with van der Waals surface area (Å²) in [6, 6.07) is 13.0. The van der Waals surface area contributed by atoms with Crippen LogP contribution in [0.1, 0.15) is 30.5 Å². The van der Waals surface area contributed by atoms with Crippen molar-refractivity contribution >= 4 is 21.6 Å². The van der Waals surface area contributed by atoms with Gasteiger partial charge in [-0.2, -0.15) is 4.31 Å². The van der Waals surface area contributed by atoms with Crippen molar-refractivity contribution in [1.82, 2.24) is 4.31 Å². The number of benzene rings is 2. The number of carbonyl (C=O) groups is 1. The number of sulfonamides is 1. The fourth-order valence-corrected chi connectivity index (χ4v) is 4.76. The zero-order valence-electron chi connectivity index (χ0n) is 18.0. The molecule has 2 aromatic carbocycles. The molecule has 6 nitrogen and oxygen atoms in total. The first-order valence-electron chi connectivity index (χ1n) is 9.95. The van der Waals surface area contributed by atoms with Gasteiger partial charge in [0.1, 0.15) is 6.54 Å². The fourth-order valence-electron chi connectivity index (χ4n) is 3.27. The molecule has 2 rings (SSSR count). The Morgan fingerprint density at radius 1 is 1.03 bits per heavy atom. The van der Waals surface area contributed by atoms with E-state index in [4.69, 9.17) is 0 Å². The summed E-state index contributed by atoms with van der Waals surface area (Å²) in [6.45, 7) is 9.39. The quantitative estimate of drug-likeness (QED) is 0.654. The first kappa shape index (κ1) is 23.1. The van der Waals surface area contributed by atoms with Crippen LogP contribution in [0.5, 0.6) is 0 Å². The molecule has 29 heavy (non-hydrogen) atoms. The molecule has 0 aliphatic rings. The van der Waals surface area contributed by atoms with Crippen LogP contribution in [0.15, 0.2) is 47.4 Å². The number of aryl methyl sites for hydroxylation is 2. The van der Waals surface area contributed by atoms with E-state index in [1.807, 2.05) is 40.0 Å². The van der Waals surface area contributed by atoms with Crippen LogP contribution >= 0.6 is 0 Å². The van der Waals surface area contributed by atoms with Crippen molar-refractivity contribution in [3.63, 3.8) is 0 Å². The molecule has 0 saturated heterocycles. The molecule has 1 atom stereocenters. The van der Waals surface area contributed by atoms with E-state index in [1.165, 1.54) is 15.4 Å². The van der Waals surface area contributed by atoms with E-state index in [0.29, 0.717) is 25.3 Å². The number of rotatable bonds is 9. The molecular weight excluding hydrogens is 386 g/mol. The van der Waals surface area contributed by atoms with Crippen molar-refractivity contribution in [3.05, 3.63) is 59.2 Å². The van der Waals surface area contributed by atoms with Crippen LogP contribution in [-0.2, 0) is 21.4 Å². The van der Waals surface area contributed by atoms with E-state index < -0.39 is 10.0 Å². The van der Waals surface area contributed by atoms with Crippen molar-refractivity contribution in [2.24, 2.45) is 0 Å². The Hall–Kier alpha value is -2.22. The molecule has 7 heteroatoms. The van der Waals surface area contributed by atoms with Gasteiger partial charge in [-0.1, -0.05) is 44.2 Å². The standard InChI is InChI=1S/C22H31N3O3S/c1-6-25(7-2)29(27,28)20-13-12-18(4)21(14-20)23-22(26)16-24(5)15-19-11-9-8-10-17(19)3/h8-14H,6-7,15-16H2,1-5H3,(H,23,26)/p+1. The number of hydrogen-bond donors (Lipinski definition) is 2. The van der Waals surface area contributed by atoms with Gasteiger partial charge < -0.3 is 10.2 Å². The molecule has 158 valence electrons. The third-order valence-electron chi connectivity index (χ3n) is 5.04. The summed E-state index contributed by atoms with van der Waals surface area (Å²) in [6.07, 6.45) is 0. The molecule has 0 fully saturated rings.